The third-order valence-corrected chi connectivity index (χ3v) is 6.50. The number of methoxy groups -OCH3 is 1. The minimum Gasteiger partial charge on any atom is -0.507 e. The van der Waals surface area contributed by atoms with Crippen molar-refractivity contribution < 1.29 is 24.2 Å². The van der Waals surface area contributed by atoms with Gasteiger partial charge in [-0.2, -0.15) is 0 Å². The highest BCUT2D eigenvalue weighted by molar-refractivity contribution is 5.91. The minimum atomic E-state index is -1.06. The molecule has 0 aliphatic heterocycles. The van der Waals surface area contributed by atoms with E-state index < -0.39 is 34.4 Å². The Bertz CT molecular complexity index is 1780. The summed E-state index contributed by atoms with van der Waals surface area (Å²) in [5, 5.41) is 22.1. The van der Waals surface area contributed by atoms with E-state index in [1.165, 1.54) is 13.2 Å². The zero-order chi connectivity index (χ0) is 26.3. The zero-order valence-electron chi connectivity index (χ0n) is 20.1. The number of aromatic amines is 1. The average Bonchev–Trinajstić information content (AvgIpc) is 2.88. The van der Waals surface area contributed by atoms with E-state index in [1.54, 1.807) is 30.3 Å². The number of aromatic nitrogens is 1. The van der Waals surface area contributed by atoms with E-state index >= 15 is 0 Å². The van der Waals surface area contributed by atoms with Gasteiger partial charge in [0.1, 0.15) is 28.2 Å². The van der Waals surface area contributed by atoms with Gasteiger partial charge in [-0.1, -0.05) is 48.5 Å². The Kier molecular flexibility index (Phi) is 6.01. The van der Waals surface area contributed by atoms with Crippen molar-refractivity contribution in [3.63, 3.8) is 0 Å². The first-order valence-electron chi connectivity index (χ1n) is 11.6. The van der Waals surface area contributed by atoms with E-state index in [1.807, 2.05) is 31.2 Å². The molecule has 5 rings (SSSR count). The van der Waals surface area contributed by atoms with E-state index in [9.17, 15) is 24.6 Å². The molecule has 0 aliphatic rings. The van der Waals surface area contributed by atoms with Gasteiger partial charge in [-0.05, 0) is 23.9 Å². The Morgan fingerprint density at radius 3 is 2.49 bits per heavy atom. The third kappa shape index (κ3) is 4.23. The average molecular weight is 498 g/mol. The summed E-state index contributed by atoms with van der Waals surface area (Å²) in [6.45, 7) is 1.86. The number of ether oxygens (including phenoxy) is 1. The fraction of sp³-hybridized carbons (Fsp3) is 0.138. The number of phenols is 2. The molecular weight excluding hydrogens is 474 g/mol. The van der Waals surface area contributed by atoms with Gasteiger partial charge < -0.3 is 24.4 Å². The molecule has 0 unspecified atom stereocenters. The van der Waals surface area contributed by atoms with Crippen molar-refractivity contribution >= 4 is 27.8 Å². The molecule has 0 radical (unpaired) electrons. The van der Waals surface area contributed by atoms with E-state index in [-0.39, 0.29) is 34.3 Å². The third-order valence-electron chi connectivity index (χ3n) is 6.50. The Hall–Kier alpha value is -4.85. The summed E-state index contributed by atoms with van der Waals surface area (Å²) in [4.78, 5) is 41.8. The summed E-state index contributed by atoms with van der Waals surface area (Å²) < 4.78 is 11.0. The molecule has 0 saturated carbocycles. The quantitative estimate of drug-likeness (QED) is 0.300. The molecule has 2 aromatic heterocycles. The standard InChI is InChI=1S/C29H23NO7/c1-15-7-6-10-17-11-19(29(35)30-27(15)17)18(12-24(34)36-2)25-20(31)13-21(32)26-22(33)14-23(37-28(25)26)16-8-4-3-5-9-16/h3-11,13-14,18,31-32H,12H2,1-2H3,(H,30,35)/t18-/m0/s1. The number of hydrogen-bond acceptors (Lipinski definition) is 7. The molecule has 0 bridgehead atoms. The number of carbonyl (C=O) groups is 1. The largest absolute Gasteiger partial charge is 0.507 e. The number of H-pyrrole nitrogens is 1. The van der Waals surface area contributed by atoms with Gasteiger partial charge in [-0.3, -0.25) is 14.4 Å². The lowest BCUT2D eigenvalue weighted by molar-refractivity contribution is -0.140. The van der Waals surface area contributed by atoms with E-state index in [0.29, 0.717) is 11.1 Å². The molecule has 3 aromatic carbocycles. The van der Waals surface area contributed by atoms with Crippen LogP contribution in [-0.2, 0) is 9.53 Å². The molecule has 0 saturated heterocycles. The summed E-state index contributed by atoms with van der Waals surface area (Å²) in [5.74, 6) is -2.42. The first kappa shape index (κ1) is 23.9. The van der Waals surface area contributed by atoms with Crippen LogP contribution in [-0.4, -0.2) is 28.3 Å². The lowest BCUT2D eigenvalue weighted by Crippen LogP contribution is -2.21. The van der Waals surface area contributed by atoms with Crippen LogP contribution in [0, 0.1) is 6.92 Å². The predicted molar refractivity (Wildman–Crippen MR) is 139 cm³/mol. The van der Waals surface area contributed by atoms with Gasteiger partial charge in [0.05, 0.1) is 19.0 Å². The maximum atomic E-state index is 13.3. The van der Waals surface area contributed by atoms with Gasteiger partial charge >= 0.3 is 5.97 Å². The highest BCUT2D eigenvalue weighted by Gasteiger charge is 2.30. The highest BCUT2D eigenvalue weighted by atomic mass is 16.5. The van der Waals surface area contributed by atoms with E-state index in [4.69, 9.17) is 9.15 Å². The maximum absolute atomic E-state index is 13.3. The second kappa shape index (κ2) is 9.31. The highest BCUT2D eigenvalue weighted by Crippen LogP contribution is 2.42. The number of carbonyl (C=O) groups excluding carboxylic acids is 1. The summed E-state index contributed by atoms with van der Waals surface area (Å²) in [7, 11) is 1.22. The van der Waals surface area contributed by atoms with Gasteiger partial charge in [-0.15, -0.1) is 0 Å². The number of pyridine rings is 1. The molecule has 186 valence electrons. The number of para-hydroxylation sites is 1. The van der Waals surface area contributed by atoms with Crippen molar-refractivity contribution in [1.82, 2.24) is 4.98 Å². The van der Waals surface area contributed by atoms with Crippen molar-refractivity contribution in [2.75, 3.05) is 7.11 Å². The Morgan fingerprint density at radius 1 is 1.00 bits per heavy atom. The summed E-state index contributed by atoms with van der Waals surface area (Å²) in [6, 6.07) is 18.3. The fourth-order valence-electron chi connectivity index (χ4n) is 4.68. The lowest BCUT2D eigenvalue weighted by Gasteiger charge is -2.20. The molecule has 5 aromatic rings. The molecule has 1 atom stereocenters. The van der Waals surface area contributed by atoms with Crippen LogP contribution in [0.25, 0.3) is 33.2 Å². The van der Waals surface area contributed by atoms with Crippen LogP contribution in [0.15, 0.2) is 80.7 Å². The molecule has 3 N–H and O–H groups in total. The van der Waals surface area contributed by atoms with Gasteiger partial charge in [0, 0.05) is 34.7 Å². The van der Waals surface area contributed by atoms with Crippen LogP contribution in [0.1, 0.15) is 29.0 Å². The van der Waals surface area contributed by atoms with Crippen molar-refractivity contribution in [3.8, 4) is 22.8 Å². The molecule has 0 amide bonds. The Morgan fingerprint density at radius 2 is 1.76 bits per heavy atom. The summed E-state index contributed by atoms with van der Waals surface area (Å²) in [5.41, 5.74) is 1.15. The lowest BCUT2D eigenvalue weighted by atomic mass is 9.86. The Balaban J connectivity index is 1.85. The second-order valence-corrected chi connectivity index (χ2v) is 8.80. The van der Waals surface area contributed by atoms with Crippen molar-refractivity contribution in [3.05, 3.63) is 104 Å². The number of hydrogen-bond donors (Lipinski definition) is 3. The minimum absolute atomic E-state index is 0.0191. The molecule has 0 aliphatic carbocycles. The molecule has 0 fully saturated rings. The van der Waals surface area contributed by atoms with Crippen molar-refractivity contribution in [2.24, 2.45) is 0 Å². The molecule has 8 heteroatoms. The molecular formula is C29H23NO7. The predicted octanol–water partition coefficient (Wildman–Crippen LogP) is 4.72. The number of nitrogens with one attached hydrogen (secondary N) is 1. The van der Waals surface area contributed by atoms with Gasteiger partial charge in [0.25, 0.3) is 5.56 Å². The summed E-state index contributed by atoms with van der Waals surface area (Å²) >= 11 is 0. The molecule has 37 heavy (non-hydrogen) atoms. The topological polar surface area (TPSA) is 130 Å². The van der Waals surface area contributed by atoms with Gasteiger partial charge in [0.15, 0.2) is 5.43 Å². The number of benzene rings is 3. The number of aryl methyl sites for hydroxylation is 1. The number of rotatable bonds is 5. The van der Waals surface area contributed by atoms with E-state index in [2.05, 4.69) is 4.98 Å². The van der Waals surface area contributed by atoms with Crippen LogP contribution in [0.3, 0.4) is 0 Å². The van der Waals surface area contributed by atoms with Crippen LogP contribution in [0.2, 0.25) is 0 Å². The van der Waals surface area contributed by atoms with Crippen LogP contribution >= 0.6 is 0 Å². The number of esters is 1. The molecule has 8 nitrogen and oxygen atoms in total. The summed E-state index contributed by atoms with van der Waals surface area (Å²) in [6.07, 6.45) is -0.330. The van der Waals surface area contributed by atoms with Gasteiger partial charge in [-0.25, -0.2) is 0 Å². The normalized spacial score (nSPS) is 12.1. The van der Waals surface area contributed by atoms with Gasteiger partial charge in [0.2, 0.25) is 0 Å². The maximum Gasteiger partial charge on any atom is 0.306 e. The number of fused-ring (bicyclic) bond motifs is 2. The first-order chi connectivity index (χ1) is 17.8. The SMILES string of the molecule is COC(=O)C[C@@H](c1cc2cccc(C)c2[nH]c1=O)c1c(O)cc(O)c2c(=O)cc(-c3ccccc3)oc12. The van der Waals surface area contributed by atoms with E-state index in [0.717, 1.165) is 17.0 Å². The number of aromatic hydroxyl groups is 2. The van der Waals surface area contributed by atoms with Crippen LogP contribution in [0.4, 0.5) is 0 Å². The van der Waals surface area contributed by atoms with Crippen LogP contribution < -0.4 is 11.0 Å². The first-order valence-corrected chi connectivity index (χ1v) is 11.6. The van der Waals surface area contributed by atoms with Crippen molar-refractivity contribution in [2.45, 2.75) is 19.3 Å². The van der Waals surface area contributed by atoms with Crippen LogP contribution in [0.5, 0.6) is 11.5 Å². The Labute approximate surface area is 210 Å². The fourth-order valence-corrected chi connectivity index (χ4v) is 4.68. The van der Waals surface area contributed by atoms with Crippen molar-refractivity contribution in [1.29, 1.82) is 0 Å². The monoisotopic (exact) mass is 497 g/mol. The molecule has 2 heterocycles. The zero-order valence-corrected chi connectivity index (χ0v) is 20.1. The second-order valence-electron chi connectivity index (χ2n) is 8.80. The number of phenolic OH excluding ortho intramolecular Hbond substituents is 2. The smallest absolute Gasteiger partial charge is 0.306 e. The molecule has 0 spiro atoms.